The van der Waals surface area contributed by atoms with Gasteiger partial charge in [-0.1, -0.05) is 42.0 Å². The van der Waals surface area contributed by atoms with Crippen molar-refractivity contribution in [3.8, 4) is 5.75 Å². The van der Waals surface area contributed by atoms with E-state index in [0.717, 1.165) is 33.2 Å². The smallest absolute Gasteiger partial charge is 0.305 e. The summed E-state index contributed by atoms with van der Waals surface area (Å²) in [4.78, 5) is 23.8. The minimum absolute atomic E-state index is 0.0692. The van der Waals surface area contributed by atoms with Crippen LogP contribution >= 0.6 is 0 Å². The molecule has 0 heterocycles. The highest BCUT2D eigenvalue weighted by molar-refractivity contribution is 5.93. The molecule has 3 rings (SSSR count). The first-order chi connectivity index (χ1) is 14.4. The molecule has 1 amide bonds. The SMILES string of the molecule is COC(=O)CCc1ccc2ccc(OCC(=O)Nc3c(C)cc(C)cc3C)cc2c1. The fourth-order valence-electron chi connectivity index (χ4n) is 3.57. The maximum atomic E-state index is 12.4. The molecular formula is C25H27NO4. The summed E-state index contributed by atoms with van der Waals surface area (Å²) in [6.07, 6.45) is 0.960. The third-order valence-corrected chi connectivity index (χ3v) is 5.03. The van der Waals surface area contributed by atoms with Gasteiger partial charge in [-0.05, 0) is 66.8 Å². The lowest BCUT2D eigenvalue weighted by Gasteiger charge is -2.13. The Hall–Kier alpha value is -3.34. The lowest BCUT2D eigenvalue weighted by Crippen LogP contribution is -2.21. The van der Waals surface area contributed by atoms with Gasteiger partial charge in [0.15, 0.2) is 6.61 Å². The van der Waals surface area contributed by atoms with Crippen LogP contribution in [0.3, 0.4) is 0 Å². The number of hydrogen-bond acceptors (Lipinski definition) is 4. The van der Waals surface area contributed by atoms with Gasteiger partial charge in [0.2, 0.25) is 0 Å². The monoisotopic (exact) mass is 405 g/mol. The zero-order valence-electron chi connectivity index (χ0n) is 17.9. The maximum absolute atomic E-state index is 12.4. The van der Waals surface area contributed by atoms with Crippen molar-refractivity contribution in [3.63, 3.8) is 0 Å². The van der Waals surface area contributed by atoms with E-state index in [1.165, 1.54) is 12.7 Å². The van der Waals surface area contributed by atoms with E-state index in [4.69, 9.17) is 9.47 Å². The quantitative estimate of drug-likeness (QED) is 0.569. The molecular weight excluding hydrogens is 378 g/mol. The number of aryl methyl sites for hydroxylation is 4. The number of nitrogens with one attached hydrogen (secondary N) is 1. The molecule has 0 atom stereocenters. The number of methoxy groups -OCH3 is 1. The molecule has 5 heteroatoms. The first-order valence-electron chi connectivity index (χ1n) is 9.95. The van der Waals surface area contributed by atoms with E-state index >= 15 is 0 Å². The van der Waals surface area contributed by atoms with Crippen LogP contribution in [0.2, 0.25) is 0 Å². The van der Waals surface area contributed by atoms with Gasteiger partial charge in [0, 0.05) is 12.1 Å². The van der Waals surface area contributed by atoms with Crippen molar-refractivity contribution in [3.05, 3.63) is 70.8 Å². The Bertz CT molecular complexity index is 1060. The van der Waals surface area contributed by atoms with Crippen molar-refractivity contribution in [1.82, 2.24) is 0 Å². The molecule has 0 unspecified atom stereocenters. The molecule has 0 aromatic heterocycles. The number of esters is 1. The molecule has 0 aliphatic rings. The molecule has 0 fully saturated rings. The standard InChI is InChI=1S/C25H27NO4/c1-16-11-17(2)25(18(3)12-16)26-23(27)15-30-22-9-8-20-7-5-19(13-21(20)14-22)6-10-24(28)29-4/h5,7-9,11-14H,6,10,15H2,1-4H3,(H,26,27). The molecule has 0 saturated carbocycles. The second-order valence-electron chi connectivity index (χ2n) is 7.53. The van der Waals surface area contributed by atoms with E-state index in [1.54, 1.807) is 0 Å². The number of ether oxygens (including phenoxy) is 2. The van der Waals surface area contributed by atoms with Crippen molar-refractivity contribution < 1.29 is 19.1 Å². The summed E-state index contributed by atoms with van der Waals surface area (Å²) < 4.78 is 10.4. The van der Waals surface area contributed by atoms with E-state index in [9.17, 15) is 9.59 Å². The van der Waals surface area contributed by atoms with E-state index in [-0.39, 0.29) is 18.5 Å². The van der Waals surface area contributed by atoms with Gasteiger partial charge in [0.05, 0.1) is 7.11 Å². The van der Waals surface area contributed by atoms with Crippen LogP contribution in [0.4, 0.5) is 5.69 Å². The van der Waals surface area contributed by atoms with Crippen LogP contribution in [-0.4, -0.2) is 25.6 Å². The molecule has 30 heavy (non-hydrogen) atoms. The van der Waals surface area contributed by atoms with Gasteiger partial charge >= 0.3 is 5.97 Å². The van der Waals surface area contributed by atoms with Crippen LogP contribution in [-0.2, 0) is 20.7 Å². The van der Waals surface area contributed by atoms with Crippen molar-refractivity contribution in [1.29, 1.82) is 0 Å². The first kappa shape index (κ1) is 21.4. The van der Waals surface area contributed by atoms with Crippen molar-refractivity contribution in [2.24, 2.45) is 0 Å². The van der Waals surface area contributed by atoms with Gasteiger partial charge in [-0.15, -0.1) is 0 Å². The van der Waals surface area contributed by atoms with Crippen molar-refractivity contribution in [2.75, 3.05) is 19.0 Å². The third kappa shape index (κ3) is 5.38. The summed E-state index contributed by atoms with van der Waals surface area (Å²) in [6, 6.07) is 15.9. The third-order valence-electron chi connectivity index (χ3n) is 5.03. The summed E-state index contributed by atoms with van der Waals surface area (Å²) in [6.45, 7) is 5.94. The molecule has 5 nitrogen and oxygen atoms in total. The van der Waals surface area contributed by atoms with Crippen LogP contribution in [0.15, 0.2) is 48.5 Å². The van der Waals surface area contributed by atoms with Gasteiger partial charge in [0.1, 0.15) is 5.75 Å². The van der Waals surface area contributed by atoms with E-state index in [1.807, 2.05) is 69.3 Å². The molecule has 0 radical (unpaired) electrons. The van der Waals surface area contributed by atoms with Crippen molar-refractivity contribution >= 4 is 28.3 Å². The zero-order chi connectivity index (χ0) is 21.7. The number of benzene rings is 3. The molecule has 0 spiro atoms. The van der Waals surface area contributed by atoms with Gasteiger partial charge in [-0.3, -0.25) is 9.59 Å². The van der Waals surface area contributed by atoms with Crippen LogP contribution < -0.4 is 10.1 Å². The zero-order valence-corrected chi connectivity index (χ0v) is 17.9. The van der Waals surface area contributed by atoms with E-state index in [2.05, 4.69) is 5.32 Å². The summed E-state index contributed by atoms with van der Waals surface area (Å²) in [5.74, 6) is 0.203. The van der Waals surface area contributed by atoms with Gasteiger partial charge in [0.25, 0.3) is 5.91 Å². The molecule has 0 saturated heterocycles. The van der Waals surface area contributed by atoms with Crippen molar-refractivity contribution in [2.45, 2.75) is 33.6 Å². The predicted octanol–water partition coefficient (Wildman–Crippen LogP) is 4.89. The summed E-state index contributed by atoms with van der Waals surface area (Å²) in [5, 5.41) is 5.02. The van der Waals surface area contributed by atoms with Gasteiger partial charge in [-0.25, -0.2) is 0 Å². The minimum Gasteiger partial charge on any atom is -0.484 e. The molecule has 1 N–H and O–H groups in total. The highest BCUT2D eigenvalue weighted by atomic mass is 16.5. The van der Waals surface area contributed by atoms with Crippen LogP contribution in [0.25, 0.3) is 10.8 Å². The van der Waals surface area contributed by atoms with Crippen LogP contribution in [0.1, 0.15) is 28.7 Å². The van der Waals surface area contributed by atoms with Gasteiger partial charge < -0.3 is 14.8 Å². The predicted molar refractivity (Wildman–Crippen MR) is 119 cm³/mol. The Labute approximate surface area is 177 Å². The molecule has 0 aliphatic carbocycles. The Morgan fingerprint density at radius 2 is 1.60 bits per heavy atom. The largest absolute Gasteiger partial charge is 0.484 e. The fourth-order valence-corrected chi connectivity index (χ4v) is 3.57. The Kier molecular flexibility index (Phi) is 6.72. The topological polar surface area (TPSA) is 64.6 Å². The van der Waals surface area contributed by atoms with Crippen LogP contribution in [0, 0.1) is 20.8 Å². The van der Waals surface area contributed by atoms with E-state index < -0.39 is 0 Å². The molecule has 3 aromatic rings. The minimum atomic E-state index is -0.225. The Balaban J connectivity index is 1.65. The first-order valence-corrected chi connectivity index (χ1v) is 9.95. The second-order valence-corrected chi connectivity index (χ2v) is 7.53. The molecule has 0 aliphatic heterocycles. The highest BCUT2D eigenvalue weighted by Gasteiger charge is 2.10. The van der Waals surface area contributed by atoms with Gasteiger partial charge in [-0.2, -0.15) is 0 Å². The Morgan fingerprint density at radius 1 is 0.900 bits per heavy atom. The van der Waals surface area contributed by atoms with E-state index in [0.29, 0.717) is 18.6 Å². The number of carbonyl (C=O) groups excluding carboxylic acids is 2. The summed E-state index contributed by atoms with van der Waals surface area (Å²) in [7, 11) is 1.39. The number of anilines is 1. The lowest BCUT2D eigenvalue weighted by molar-refractivity contribution is -0.140. The normalized spacial score (nSPS) is 10.7. The number of rotatable bonds is 7. The summed E-state index contributed by atoms with van der Waals surface area (Å²) in [5.41, 5.74) is 5.12. The molecule has 3 aromatic carbocycles. The number of amides is 1. The maximum Gasteiger partial charge on any atom is 0.305 e. The average molecular weight is 405 g/mol. The van der Waals surface area contributed by atoms with Crippen LogP contribution in [0.5, 0.6) is 5.75 Å². The summed E-state index contributed by atoms with van der Waals surface area (Å²) >= 11 is 0. The fraction of sp³-hybridized carbons (Fsp3) is 0.280. The second kappa shape index (κ2) is 9.44. The number of carbonyl (C=O) groups is 2. The molecule has 156 valence electrons. The lowest BCUT2D eigenvalue weighted by atomic mass is 10.0. The number of hydrogen-bond donors (Lipinski definition) is 1. The highest BCUT2D eigenvalue weighted by Crippen LogP contribution is 2.24. The Morgan fingerprint density at radius 3 is 2.30 bits per heavy atom. The average Bonchev–Trinajstić information content (AvgIpc) is 2.72. The number of fused-ring (bicyclic) bond motifs is 1. The molecule has 0 bridgehead atoms.